The molecule has 4 rings (SSSR count). The third kappa shape index (κ3) is 3.24. The van der Waals surface area contributed by atoms with E-state index in [9.17, 15) is 14.3 Å². The van der Waals surface area contributed by atoms with Gasteiger partial charge in [-0.05, 0) is 70.7 Å². The third-order valence-electron chi connectivity index (χ3n) is 6.04. The average Bonchev–Trinajstić information content (AvgIpc) is 3.43. The summed E-state index contributed by atoms with van der Waals surface area (Å²) in [4.78, 5) is 19.2. The zero-order chi connectivity index (χ0) is 20.2. The molecular formula is C22H27FN2O3. The van der Waals surface area contributed by atoms with Crippen LogP contribution in [0.1, 0.15) is 46.5 Å². The van der Waals surface area contributed by atoms with Gasteiger partial charge in [-0.1, -0.05) is 0 Å². The van der Waals surface area contributed by atoms with Crippen LogP contribution in [0.3, 0.4) is 0 Å². The van der Waals surface area contributed by atoms with E-state index in [0.717, 1.165) is 16.6 Å². The Bertz CT molecular complexity index is 910. The fourth-order valence-electron chi connectivity index (χ4n) is 4.34. The number of piperidine rings is 1. The fraction of sp³-hybridized carbons (Fsp3) is 0.545. The van der Waals surface area contributed by atoms with Crippen molar-refractivity contribution < 1.29 is 19.0 Å². The van der Waals surface area contributed by atoms with E-state index in [1.165, 1.54) is 12.1 Å². The second-order valence-corrected chi connectivity index (χ2v) is 9.09. The molecule has 0 amide bonds. The predicted molar refractivity (Wildman–Crippen MR) is 106 cm³/mol. The molecule has 1 aliphatic heterocycles. The molecule has 0 bridgehead atoms. The number of hydrogen-bond donors (Lipinski definition) is 1. The number of halogens is 1. The van der Waals surface area contributed by atoms with Gasteiger partial charge in [-0.2, -0.15) is 0 Å². The Morgan fingerprint density at radius 3 is 2.46 bits per heavy atom. The largest absolute Gasteiger partial charge is 0.459 e. The topological polar surface area (TPSA) is 62.7 Å². The number of carbonyl (C=O) groups is 1. The van der Waals surface area contributed by atoms with Crippen LogP contribution in [0.2, 0.25) is 0 Å². The molecule has 1 saturated carbocycles. The number of aromatic nitrogens is 1. The van der Waals surface area contributed by atoms with Crippen molar-refractivity contribution in [3.8, 4) is 0 Å². The molecule has 0 radical (unpaired) electrons. The SMILES string of the molecule is CC(C)(C)OC(=O)C1(C2(O)CCN(c3ccnc4ccc(F)cc34)CC2)CC1. The van der Waals surface area contributed by atoms with Gasteiger partial charge in [0, 0.05) is 30.4 Å². The second-order valence-electron chi connectivity index (χ2n) is 9.09. The van der Waals surface area contributed by atoms with Gasteiger partial charge in [-0.25, -0.2) is 4.39 Å². The third-order valence-corrected chi connectivity index (χ3v) is 6.04. The maximum atomic E-state index is 13.8. The molecule has 1 aromatic heterocycles. The van der Waals surface area contributed by atoms with Crippen LogP contribution in [0.15, 0.2) is 30.5 Å². The van der Waals surface area contributed by atoms with Crippen LogP contribution >= 0.6 is 0 Å². The molecule has 28 heavy (non-hydrogen) atoms. The van der Waals surface area contributed by atoms with E-state index in [2.05, 4.69) is 9.88 Å². The zero-order valence-corrected chi connectivity index (χ0v) is 16.7. The minimum Gasteiger partial charge on any atom is -0.459 e. The van der Waals surface area contributed by atoms with Gasteiger partial charge < -0.3 is 14.7 Å². The van der Waals surface area contributed by atoms with Crippen LogP contribution in [0.25, 0.3) is 10.9 Å². The number of benzene rings is 1. The van der Waals surface area contributed by atoms with Gasteiger partial charge in [0.25, 0.3) is 0 Å². The molecule has 2 fully saturated rings. The van der Waals surface area contributed by atoms with Gasteiger partial charge in [0.15, 0.2) is 0 Å². The molecule has 150 valence electrons. The highest BCUT2D eigenvalue weighted by molar-refractivity contribution is 5.91. The first-order valence-electron chi connectivity index (χ1n) is 9.89. The molecule has 2 aromatic rings. The molecule has 1 saturated heterocycles. The highest BCUT2D eigenvalue weighted by Gasteiger charge is 2.65. The van der Waals surface area contributed by atoms with Crippen LogP contribution in [-0.4, -0.2) is 40.4 Å². The van der Waals surface area contributed by atoms with Crippen molar-refractivity contribution in [2.75, 3.05) is 18.0 Å². The summed E-state index contributed by atoms with van der Waals surface area (Å²) < 4.78 is 19.4. The summed E-state index contributed by atoms with van der Waals surface area (Å²) in [5.74, 6) is -0.579. The lowest BCUT2D eigenvalue weighted by molar-refractivity contribution is -0.175. The van der Waals surface area contributed by atoms with Crippen molar-refractivity contribution in [3.63, 3.8) is 0 Å². The summed E-state index contributed by atoms with van der Waals surface area (Å²) in [6, 6.07) is 6.47. The summed E-state index contributed by atoms with van der Waals surface area (Å²) >= 11 is 0. The van der Waals surface area contributed by atoms with E-state index < -0.39 is 16.6 Å². The number of esters is 1. The van der Waals surface area contributed by atoms with Crippen molar-refractivity contribution in [1.29, 1.82) is 0 Å². The van der Waals surface area contributed by atoms with Gasteiger partial charge in [0.1, 0.15) is 11.4 Å². The molecule has 5 nitrogen and oxygen atoms in total. The standard InChI is InChI=1S/C22H27FN2O3/c1-20(2,3)28-19(26)21(7-8-21)22(27)9-12-25(13-10-22)18-6-11-24-17-5-4-15(23)14-16(17)18/h4-6,11,14,27H,7-10,12-13H2,1-3H3. The maximum Gasteiger partial charge on any atom is 0.315 e. The normalized spacial score (nSPS) is 20.8. The van der Waals surface area contributed by atoms with E-state index in [-0.39, 0.29) is 11.8 Å². The molecule has 6 heteroatoms. The lowest BCUT2D eigenvalue weighted by atomic mass is 9.76. The molecular weight excluding hydrogens is 359 g/mol. The second kappa shape index (κ2) is 6.41. The average molecular weight is 386 g/mol. The molecule has 0 spiro atoms. The molecule has 1 N–H and O–H groups in total. The Morgan fingerprint density at radius 1 is 1.18 bits per heavy atom. The quantitative estimate of drug-likeness (QED) is 0.813. The van der Waals surface area contributed by atoms with Crippen LogP contribution in [0, 0.1) is 11.2 Å². The number of anilines is 1. The number of aliphatic hydroxyl groups is 1. The van der Waals surface area contributed by atoms with Crippen molar-refractivity contribution >= 4 is 22.6 Å². The molecule has 2 heterocycles. The van der Waals surface area contributed by atoms with Crippen LogP contribution in [0.5, 0.6) is 0 Å². The summed E-state index contributed by atoms with van der Waals surface area (Å²) in [7, 11) is 0. The summed E-state index contributed by atoms with van der Waals surface area (Å²) in [6.45, 7) is 6.73. The minimum absolute atomic E-state index is 0.285. The number of carbonyl (C=O) groups excluding carboxylic acids is 1. The zero-order valence-electron chi connectivity index (χ0n) is 16.7. The smallest absolute Gasteiger partial charge is 0.315 e. The lowest BCUT2D eigenvalue weighted by Crippen LogP contribution is -2.53. The maximum absolute atomic E-state index is 13.8. The first-order valence-corrected chi connectivity index (χ1v) is 9.89. The summed E-state index contributed by atoms with van der Waals surface area (Å²) in [5, 5.41) is 12.1. The van der Waals surface area contributed by atoms with E-state index >= 15 is 0 Å². The van der Waals surface area contributed by atoms with Crippen molar-refractivity contribution in [2.45, 2.75) is 57.7 Å². The minimum atomic E-state index is -1.06. The number of rotatable bonds is 3. The van der Waals surface area contributed by atoms with Gasteiger partial charge in [-0.3, -0.25) is 9.78 Å². The summed E-state index contributed by atoms with van der Waals surface area (Å²) in [5.41, 5.74) is -0.747. The highest BCUT2D eigenvalue weighted by atomic mass is 19.1. The predicted octanol–water partition coefficient (Wildman–Crippen LogP) is 3.83. The Kier molecular flexibility index (Phi) is 4.38. The summed E-state index contributed by atoms with van der Waals surface area (Å²) in [6.07, 6.45) is 4.01. The van der Waals surface area contributed by atoms with Gasteiger partial charge >= 0.3 is 5.97 Å². The molecule has 0 atom stereocenters. The van der Waals surface area contributed by atoms with Crippen LogP contribution in [-0.2, 0) is 9.53 Å². The molecule has 0 unspecified atom stereocenters. The first-order chi connectivity index (χ1) is 13.1. The molecule has 2 aliphatic rings. The number of hydrogen-bond acceptors (Lipinski definition) is 5. The number of nitrogens with zero attached hydrogens (tertiary/aromatic N) is 2. The number of ether oxygens (including phenoxy) is 1. The van der Waals surface area contributed by atoms with Crippen molar-refractivity contribution in [3.05, 3.63) is 36.3 Å². The first kappa shape index (κ1) is 19.1. The van der Waals surface area contributed by atoms with E-state index in [4.69, 9.17) is 4.74 Å². The monoisotopic (exact) mass is 386 g/mol. The Balaban J connectivity index is 1.54. The number of pyridine rings is 1. The van der Waals surface area contributed by atoms with Crippen molar-refractivity contribution in [1.82, 2.24) is 4.98 Å². The Labute approximate surface area is 164 Å². The van der Waals surface area contributed by atoms with E-state index in [1.54, 1.807) is 12.3 Å². The molecule has 1 aliphatic carbocycles. The van der Waals surface area contributed by atoms with E-state index in [1.807, 2.05) is 26.8 Å². The van der Waals surface area contributed by atoms with Crippen LogP contribution < -0.4 is 4.90 Å². The number of fused-ring (bicyclic) bond motifs is 1. The van der Waals surface area contributed by atoms with Crippen molar-refractivity contribution in [2.24, 2.45) is 5.41 Å². The highest BCUT2D eigenvalue weighted by Crippen LogP contribution is 2.59. The molecule has 1 aromatic carbocycles. The van der Waals surface area contributed by atoms with Gasteiger partial charge in [0.2, 0.25) is 0 Å². The fourth-order valence-corrected chi connectivity index (χ4v) is 4.34. The van der Waals surface area contributed by atoms with Gasteiger partial charge in [0.05, 0.1) is 16.5 Å². The lowest BCUT2D eigenvalue weighted by Gasteiger charge is -2.44. The Morgan fingerprint density at radius 2 is 1.86 bits per heavy atom. The van der Waals surface area contributed by atoms with Crippen LogP contribution in [0.4, 0.5) is 10.1 Å². The van der Waals surface area contributed by atoms with E-state index in [0.29, 0.717) is 38.8 Å². The Hall–Kier alpha value is -2.21. The van der Waals surface area contributed by atoms with Gasteiger partial charge in [-0.15, -0.1) is 0 Å².